The van der Waals surface area contributed by atoms with E-state index in [9.17, 15) is 23.1 Å². The van der Waals surface area contributed by atoms with E-state index in [0.717, 1.165) is 37.7 Å². The van der Waals surface area contributed by atoms with E-state index in [1.54, 1.807) is 19.1 Å². The molecule has 1 N–H and O–H groups in total. The molecule has 0 spiro atoms. The lowest BCUT2D eigenvalue weighted by Crippen LogP contribution is -2.57. The van der Waals surface area contributed by atoms with Gasteiger partial charge in [0.1, 0.15) is 12.1 Å². The van der Waals surface area contributed by atoms with Gasteiger partial charge in [-0.2, -0.15) is 13.2 Å². The number of benzene rings is 1. The van der Waals surface area contributed by atoms with Crippen molar-refractivity contribution < 1.29 is 23.1 Å². The first-order valence-electron chi connectivity index (χ1n) is 13.6. The fourth-order valence-corrected chi connectivity index (χ4v) is 8.82. The number of nitrogens with zero attached hydrogens (tertiary/aromatic N) is 1. The van der Waals surface area contributed by atoms with Crippen LogP contribution >= 0.6 is 0 Å². The van der Waals surface area contributed by atoms with Gasteiger partial charge >= 0.3 is 6.18 Å². The number of fused-ring (bicyclic) bond motifs is 5. The second-order valence-electron chi connectivity index (χ2n) is 12.5. The van der Waals surface area contributed by atoms with E-state index in [4.69, 9.17) is 0 Å². The van der Waals surface area contributed by atoms with Gasteiger partial charge in [0.15, 0.2) is 5.78 Å². The molecule has 3 nitrogen and oxygen atoms in total. The Kier molecular flexibility index (Phi) is 6.34. The summed E-state index contributed by atoms with van der Waals surface area (Å²) in [7, 11) is 1.46. The van der Waals surface area contributed by atoms with Crippen LogP contribution in [0.2, 0.25) is 0 Å². The quantitative estimate of drug-likeness (QED) is 0.459. The van der Waals surface area contributed by atoms with Gasteiger partial charge in [0.05, 0.1) is 0 Å². The van der Waals surface area contributed by atoms with Crippen LogP contribution < -0.4 is 4.90 Å². The lowest BCUT2D eigenvalue weighted by molar-refractivity contribution is -0.122. The van der Waals surface area contributed by atoms with E-state index in [1.807, 2.05) is 18.2 Å². The fourth-order valence-electron chi connectivity index (χ4n) is 8.82. The summed E-state index contributed by atoms with van der Waals surface area (Å²) in [6.45, 7) is 5.33. The Morgan fingerprint density at radius 3 is 2.46 bits per heavy atom. The molecule has 0 heterocycles. The van der Waals surface area contributed by atoms with Gasteiger partial charge in [0, 0.05) is 24.6 Å². The molecule has 4 aliphatic carbocycles. The normalized spacial score (nSPS) is 39.0. The van der Waals surface area contributed by atoms with Gasteiger partial charge < -0.3 is 10.0 Å². The van der Waals surface area contributed by atoms with Crippen LogP contribution in [0.25, 0.3) is 0 Å². The Balaban J connectivity index is 1.57. The molecule has 1 aromatic rings. The SMILES string of the molecule is CC#C[C@]1(O)CC[C@H]2[C@@H]3CCC4=CC(=O)CC[C@]4(C)[C@H]3[C@@H](c3ccc(N(C)CC(F)(F)F)cc3)C[C@@]21C. The molecule has 0 radical (unpaired) electrons. The highest BCUT2D eigenvalue weighted by Gasteiger charge is 2.66. The van der Waals surface area contributed by atoms with Crippen LogP contribution in [0.3, 0.4) is 0 Å². The number of halogens is 3. The first kappa shape index (κ1) is 26.4. The minimum atomic E-state index is -4.27. The average molecular weight is 514 g/mol. The Bertz CT molecular complexity index is 1160. The predicted molar refractivity (Wildman–Crippen MR) is 139 cm³/mol. The van der Waals surface area contributed by atoms with Crippen molar-refractivity contribution in [1.29, 1.82) is 0 Å². The fraction of sp³-hybridized carbons (Fsp3) is 0.645. The van der Waals surface area contributed by atoms with Gasteiger partial charge in [0.25, 0.3) is 0 Å². The predicted octanol–water partition coefficient (Wildman–Crippen LogP) is 6.66. The molecule has 4 aliphatic rings. The van der Waals surface area contributed by atoms with Gasteiger partial charge in [-0.25, -0.2) is 0 Å². The van der Waals surface area contributed by atoms with Gasteiger partial charge in [-0.05, 0) is 98.3 Å². The molecular weight excluding hydrogens is 475 g/mol. The topological polar surface area (TPSA) is 40.5 Å². The Morgan fingerprint density at radius 2 is 1.81 bits per heavy atom. The molecule has 200 valence electrons. The Labute approximate surface area is 218 Å². The summed E-state index contributed by atoms with van der Waals surface area (Å²) in [6.07, 6.45) is 3.34. The van der Waals surface area contributed by atoms with Crippen LogP contribution in [0.4, 0.5) is 18.9 Å². The smallest absolute Gasteiger partial charge is 0.377 e. The van der Waals surface area contributed by atoms with E-state index >= 15 is 0 Å². The number of allylic oxidation sites excluding steroid dienone is 1. The highest BCUT2D eigenvalue weighted by Crippen LogP contribution is 2.70. The molecule has 0 aromatic heterocycles. The van der Waals surface area contributed by atoms with Crippen LogP contribution in [-0.2, 0) is 4.79 Å². The molecule has 0 amide bonds. The van der Waals surface area contributed by atoms with Crippen molar-refractivity contribution in [3.05, 3.63) is 41.5 Å². The number of anilines is 1. The molecule has 5 rings (SSSR count). The van der Waals surface area contributed by atoms with E-state index in [2.05, 4.69) is 25.7 Å². The number of aliphatic hydroxyl groups is 1. The van der Waals surface area contributed by atoms with Crippen LogP contribution in [-0.4, -0.2) is 36.3 Å². The van der Waals surface area contributed by atoms with Crippen LogP contribution in [0, 0.1) is 40.4 Å². The lowest BCUT2D eigenvalue weighted by Gasteiger charge is -2.61. The molecule has 0 aliphatic heterocycles. The summed E-state index contributed by atoms with van der Waals surface area (Å²) >= 11 is 0. The van der Waals surface area contributed by atoms with Crippen molar-refractivity contribution in [2.45, 2.75) is 83.4 Å². The number of ketones is 1. The number of rotatable bonds is 3. The highest BCUT2D eigenvalue weighted by molar-refractivity contribution is 5.91. The van der Waals surface area contributed by atoms with Crippen molar-refractivity contribution in [2.75, 3.05) is 18.5 Å². The zero-order chi connectivity index (χ0) is 26.8. The van der Waals surface area contributed by atoms with Crippen LogP contribution in [0.1, 0.15) is 77.2 Å². The maximum Gasteiger partial charge on any atom is 0.405 e. The molecule has 3 fully saturated rings. The highest BCUT2D eigenvalue weighted by atomic mass is 19.4. The first-order valence-corrected chi connectivity index (χ1v) is 13.6. The van der Waals surface area contributed by atoms with Crippen LogP contribution in [0.5, 0.6) is 0 Å². The summed E-state index contributed by atoms with van der Waals surface area (Å²) < 4.78 is 38.9. The minimum absolute atomic E-state index is 0.0916. The second-order valence-corrected chi connectivity index (χ2v) is 12.5. The third kappa shape index (κ3) is 4.22. The van der Waals surface area contributed by atoms with E-state index in [0.29, 0.717) is 36.3 Å². The molecular formula is C31H38F3NO2. The number of alkyl halides is 3. The standard InChI is InChI=1S/C31H38F3NO2/c1-5-14-30(37)16-13-26-24-11-8-21-17-23(36)12-15-28(21,2)27(24)25(18-29(26,30)3)20-6-9-22(10-7-20)35(4)19-31(32,33)34/h6-7,9-10,17,24-27,37H,8,11-13,15-16,18-19H2,1-4H3/t24-,25+,26-,27+,28-,29-,30-/m0/s1. The van der Waals surface area contributed by atoms with Gasteiger partial charge in [-0.3, -0.25) is 4.79 Å². The molecule has 6 heteroatoms. The van der Waals surface area contributed by atoms with Crippen molar-refractivity contribution in [3.63, 3.8) is 0 Å². The Hall–Kier alpha value is -2.26. The summed E-state index contributed by atoms with van der Waals surface area (Å²) in [5.41, 5.74) is 1.41. The monoisotopic (exact) mass is 513 g/mol. The summed E-state index contributed by atoms with van der Waals surface area (Å²) in [5.74, 6) is 7.58. The molecule has 0 saturated heterocycles. The molecule has 1 aromatic carbocycles. The van der Waals surface area contributed by atoms with Crippen molar-refractivity contribution in [3.8, 4) is 11.8 Å². The summed E-state index contributed by atoms with van der Waals surface area (Å²) in [6, 6.07) is 7.57. The van der Waals surface area contributed by atoms with E-state index in [-0.39, 0.29) is 22.5 Å². The molecule has 0 bridgehead atoms. The van der Waals surface area contributed by atoms with Crippen molar-refractivity contribution in [2.24, 2.45) is 28.6 Å². The summed E-state index contributed by atoms with van der Waals surface area (Å²) in [4.78, 5) is 13.6. The maximum atomic E-state index is 13.0. The number of hydrogen-bond donors (Lipinski definition) is 1. The number of carbonyl (C=O) groups is 1. The molecule has 7 atom stereocenters. The third-order valence-electron chi connectivity index (χ3n) is 10.6. The Morgan fingerprint density at radius 1 is 1.11 bits per heavy atom. The summed E-state index contributed by atoms with van der Waals surface area (Å²) in [5, 5.41) is 11.8. The van der Waals surface area contributed by atoms with Crippen LogP contribution in [0.15, 0.2) is 35.9 Å². The molecule has 0 unspecified atom stereocenters. The number of hydrogen-bond acceptors (Lipinski definition) is 3. The zero-order valence-electron chi connectivity index (χ0n) is 22.3. The van der Waals surface area contributed by atoms with Gasteiger partial charge in [-0.15, -0.1) is 5.92 Å². The largest absolute Gasteiger partial charge is 0.405 e. The van der Waals surface area contributed by atoms with Gasteiger partial charge in [-0.1, -0.05) is 37.5 Å². The minimum Gasteiger partial charge on any atom is -0.377 e. The van der Waals surface area contributed by atoms with E-state index < -0.39 is 18.3 Å². The van der Waals surface area contributed by atoms with Gasteiger partial charge in [0.2, 0.25) is 0 Å². The van der Waals surface area contributed by atoms with Crippen molar-refractivity contribution >= 4 is 11.5 Å². The first-order chi connectivity index (χ1) is 17.3. The maximum absolute atomic E-state index is 13.0. The van der Waals surface area contributed by atoms with E-state index in [1.165, 1.54) is 17.5 Å². The molecule has 3 saturated carbocycles. The second kappa shape index (κ2) is 8.90. The zero-order valence-corrected chi connectivity index (χ0v) is 22.3. The lowest BCUT2D eigenvalue weighted by atomic mass is 9.43. The third-order valence-corrected chi connectivity index (χ3v) is 10.6. The average Bonchev–Trinajstić information content (AvgIpc) is 3.08. The number of carbonyl (C=O) groups excluding carboxylic acids is 1. The molecule has 37 heavy (non-hydrogen) atoms. The van der Waals surface area contributed by atoms with Crippen molar-refractivity contribution in [1.82, 2.24) is 0 Å².